The van der Waals surface area contributed by atoms with Gasteiger partial charge in [-0.25, -0.2) is 0 Å². The van der Waals surface area contributed by atoms with E-state index in [0.29, 0.717) is 0 Å². The average molecular weight is 603 g/mol. The highest BCUT2D eigenvalue weighted by Gasteiger charge is 2.43. The zero-order valence-corrected chi connectivity index (χ0v) is 24.8. The third-order valence-corrected chi connectivity index (χ3v) is 8.69. The molecule has 2 nitrogen and oxygen atoms in total. The molecule has 0 radical (unpaired) electrons. The van der Waals surface area contributed by atoms with Crippen LogP contribution in [0.2, 0.25) is 0 Å². The molecular weight excluding hydrogens is 573 g/mol. The van der Waals surface area contributed by atoms with Gasteiger partial charge < -0.3 is 9.14 Å². The molecule has 1 heterocycles. The summed E-state index contributed by atoms with van der Waals surface area (Å²) in [4.78, 5) is 0. The standard InChI is InChI=1S/C31H30BBr2NO/c1-30(2,3)23-16-22-18-35(32(33,34)36-29(22)25(17-23)31(4,5)6)26-15-13-21-11-10-19-8-7-9-20-12-14-24(26)28(21)27(19)20/h7-18H,1-6H3. The second-order valence-corrected chi connectivity index (χ2v) is 15.8. The maximum Gasteiger partial charge on any atom is 0.581 e. The highest BCUT2D eigenvalue weighted by Crippen LogP contribution is 2.46. The fraction of sp³-hybridized carbons (Fsp3) is 0.258. The van der Waals surface area contributed by atoms with Crippen LogP contribution in [-0.4, -0.2) is 14.8 Å². The number of nitrogens with zero attached hydrogens (tertiary/aromatic N) is 1. The van der Waals surface area contributed by atoms with Crippen LogP contribution in [0, 0.1) is 0 Å². The molecule has 36 heavy (non-hydrogen) atoms. The van der Waals surface area contributed by atoms with Crippen molar-refractivity contribution in [2.75, 3.05) is 0 Å². The molecule has 182 valence electrons. The molecule has 5 aromatic carbocycles. The zero-order valence-electron chi connectivity index (χ0n) is 21.6. The van der Waals surface area contributed by atoms with Crippen LogP contribution in [0.25, 0.3) is 32.3 Å². The van der Waals surface area contributed by atoms with Crippen molar-refractivity contribution >= 4 is 79.9 Å². The molecule has 0 unspecified atom stereocenters. The van der Waals surface area contributed by atoms with Crippen LogP contribution in [0.4, 0.5) is 5.69 Å². The summed E-state index contributed by atoms with van der Waals surface area (Å²) in [6.07, 6.45) is 2.25. The van der Waals surface area contributed by atoms with Crippen LogP contribution in [0.1, 0.15) is 58.2 Å². The van der Waals surface area contributed by atoms with Gasteiger partial charge in [0, 0.05) is 16.8 Å². The molecule has 0 spiro atoms. The maximum atomic E-state index is 6.79. The Morgan fingerprint density at radius 1 is 0.722 bits per heavy atom. The summed E-state index contributed by atoms with van der Waals surface area (Å²) in [6.45, 7) is 13.6. The van der Waals surface area contributed by atoms with Crippen molar-refractivity contribution in [2.45, 2.75) is 52.4 Å². The van der Waals surface area contributed by atoms with E-state index in [0.717, 1.165) is 17.0 Å². The lowest BCUT2D eigenvalue weighted by Crippen LogP contribution is -2.44. The van der Waals surface area contributed by atoms with Gasteiger partial charge >= 0.3 is 4.13 Å². The van der Waals surface area contributed by atoms with Gasteiger partial charge in [-0.1, -0.05) is 84.0 Å². The first-order valence-corrected chi connectivity index (χ1v) is 14.4. The average Bonchev–Trinajstić information content (AvgIpc) is 2.80. The molecule has 6 rings (SSSR count). The molecule has 0 atom stereocenters. The monoisotopic (exact) mass is 601 g/mol. The highest BCUT2D eigenvalue weighted by atomic mass is 79.9. The Labute approximate surface area is 229 Å². The lowest BCUT2D eigenvalue weighted by atomic mass is 9.78. The fourth-order valence-corrected chi connectivity index (χ4v) is 6.53. The van der Waals surface area contributed by atoms with E-state index in [1.165, 1.54) is 43.4 Å². The van der Waals surface area contributed by atoms with Crippen molar-refractivity contribution in [1.82, 2.24) is 0 Å². The molecule has 0 N–H and O–H groups in total. The normalized spacial score (nSPS) is 15.8. The summed E-state index contributed by atoms with van der Waals surface area (Å²) in [7, 11) is 0. The quantitative estimate of drug-likeness (QED) is 0.137. The smallest absolute Gasteiger partial charge is 0.581 e. The second-order valence-electron chi connectivity index (χ2n) is 12.1. The molecule has 5 aromatic rings. The largest absolute Gasteiger partial charge is 0.640 e. The molecule has 1 aliphatic heterocycles. The van der Waals surface area contributed by atoms with Crippen molar-refractivity contribution in [1.29, 1.82) is 0 Å². The third kappa shape index (κ3) is 3.70. The Kier molecular flexibility index (Phi) is 5.21. The van der Waals surface area contributed by atoms with Gasteiger partial charge in [-0.15, -0.1) is 0 Å². The van der Waals surface area contributed by atoms with Gasteiger partial charge in [-0.05, 0) is 61.7 Å². The summed E-state index contributed by atoms with van der Waals surface area (Å²) >= 11 is 7.89. The number of hydrogen-bond acceptors (Lipinski definition) is 1. The van der Waals surface area contributed by atoms with Gasteiger partial charge in [-0.3, -0.25) is 0 Å². The molecule has 0 fully saturated rings. The summed E-state index contributed by atoms with van der Waals surface area (Å²) in [6, 6.07) is 24.5. The van der Waals surface area contributed by atoms with E-state index in [1.807, 2.05) is 0 Å². The van der Waals surface area contributed by atoms with E-state index < -0.39 is 4.13 Å². The fourth-order valence-electron chi connectivity index (χ4n) is 5.48. The second kappa shape index (κ2) is 7.82. The van der Waals surface area contributed by atoms with Gasteiger partial charge in [0.05, 0.1) is 11.3 Å². The van der Waals surface area contributed by atoms with Crippen LogP contribution in [-0.2, 0) is 10.8 Å². The summed E-state index contributed by atoms with van der Waals surface area (Å²) < 4.78 is 7.30. The van der Waals surface area contributed by atoms with Crippen molar-refractivity contribution in [3.8, 4) is 5.75 Å². The third-order valence-electron chi connectivity index (χ3n) is 7.44. The van der Waals surface area contributed by atoms with Gasteiger partial charge in [0.1, 0.15) is 6.21 Å². The van der Waals surface area contributed by atoms with E-state index in [-0.39, 0.29) is 10.8 Å². The topological polar surface area (TPSA) is 12.2 Å². The molecule has 0 aliphatic carbocycles. The molecule has 5 heteroatoms. The van der Waals surface area contributed by atoms with Crippen molar-refractivity contribution in [2.24, 2.45) is 0 Å². The minimum atomic E-state index is -1.72. The van der Waals surface area contributed by atoms with Gasteiger partial charge in [0.25, 0.3) is 0 Å². The van der Waals surface area contributed by atoms with Gasteiger partial charge in [0.15, 0.2) is 5.69 Å². The van der Waals surface area contributed by atoms with Crippen LogP contribution in [0.5, 0.6) is 5.75 Å². The molecule has 0 saturated carbocycles. The molecule has 0 bridgehead atoms. The van der Waals surface area contributed by atoms with E-state index in [2.05, 4.69) is 150 Å². The Hall–Kier alpha value is -2.37. The Bertz CT molecular complexity index is 1690. The minimum Gasteiger partial charge on any atom is -0.640 e. The molecule has 0 saturated heterocycles. The van der Waals surface area contributed by atoms with Crippen LogP contribution in [0.15, 0.2) is 66.7 Å². The van der Waals surface area contributed by atoms with Crippen molar-refractivity contribution in [3.63, 3.8) is 0 Å². The predicted octanol–water partition coefficient (Wildman–Crippen LogP) is 9.56. The van der Waals surface area contributed by atoms with Crippen molar-refractivity contribution < 1.29 is 9.14 Å². The molecule has 0 aromatic heterocycles. The zero-order chi connectivity index (χ0) is 25.6. The van der Waals surface area contributed by atoms with Gasteiger partial charge in [-0.2, -0.15) is 31.5 Å². The van der Waals surface area contributed by atoms with E-state index in [1.54, 1.807) is 0 Å². The van der Waals surface area contributed by atoms with E-state index in [4.69, 9.17) is 4.65 Å². The Morgan fingerprint density at radius 3 is 1.97 bits per heavy atom. The first kappa shape index (κ1) is 24.0. The number of rotatable bonds is 1. The highest BCUT2D eigenvalue weighted by molar-refractivity contribution is 9.50. The number of benzene rings is 5. The minimum absolute atomic E-state index is 0.0309. The Morgan fingerprint density at radius 2 is 1.33 bits per heavy atom. The van der Waals surface area contributed by atoms with E-state index >= 15 is 0 Å². The molecular formula is C31H30BBr2NO. The first-order valence-electron chi connectivity index (χ1n) is 12.5. The summed E-state index contributed by atoms with van der Waals surface area (Å²) in [5, 5.41) is 7.63. The lowest BCUT2D eigenvalue weighted by Gasteiger charge is -2.38. The van der Waals surface area contributed by atoms with E-state index in [9.17, 15) is 0 Å². The van der Waals surface area contributed by atoms with Gasteiger partial charge in [0.2, 0.25) is 0 Å². The predicted molar refractivity (Wildman–Crippen MR) is 163 cm³/mol. The molecule has 1 aliphatic rings. The van der Waals surface area contributed by atoms with Crippen LogP contribution >= 0.6 is 31.5 Å². The SMILES string of the molecule is CC(C)(C)c1cc2c(c(C(C)(C)C)c1)O[B-](Br)(Br)[N+](c1ccc3ccc4cccc5ccc1c3c45)=C2. The number of halogens is 2. The Balaban J connectivity index is 1.67. The first-order chi connectivity index (χ1) is 16.8. The van der Waals surface area contributed by atoms with Crippen LogP contribution < -0.4 is 4.65 Å². The van der Waals surface area contributed by atoms with Crippen molar-refractivity contribution in [3.05, 3.63) is 83.4 Å². The summed E-state index contributed by atoms with van der Waals surface area (Å²) in [5.74, 6) is 0.943. The number of fused-ring (bicyclic) bond motifs is 1. The van der Waals surface area contributed by atoms with Crippen LogP contribution in [0.3, 0.4) is 0 Å². The summed E-state index contributed by atoms with van der Waals surface area (Å²) in [5.41, 5.74) is 4.73. The lowest BCUT2D eigenvalue weighted by molar-refractivity contribution is -0.291. The molecule has 0 amide bonds. The number of hydrogen-bond donors (Lipinski definition) is 0. The maximum absolute atomic E-state index is 6.79.